The molecule has 0 radical (unpaired) electrons. The summed E-state index contributed by atoms with van der Waals surface area (Å²) in [5.41, 5.74) is 0.616. The van der Waals surface area contributed by atoms with Crippen molar-refractivity contribution in [2.24, 2.45) is 0 Å². The van der Waals surface area contributed by atoms with Crippen LogP contribution in [0.5, 0.6) is 0 Å². The Bertz CT molecular complexity index is 379. The molecular weight excluding hydrogens is 341 g/mol. The molecule has 0 spiro atoms. The molecule has 1 aromatic rings. The second kappa shape index (κ2) is 7.56. The maximum Gasteiger partial charge on any atom is 0.0945 e. The highest BCUT2D eigenvalue weighted by Gasteiger charge is 2.10. The van der Waals surface area contributed by atoms with Crippen LogP contribution in [-0.2, 0) is 4.74 Å². The molecule has 2 N–H and O–H groups in total. The van der Waals surface area contributed by atoms with Crippen LogP contribution in [0, 0.1) is 0 Å². The van der Waals surface area contributed by atoms with Crippen LogP contribution in [0.3, 0.4) is 0 Å². The lowest BCUT2D eigenvalue weighted by atomic mass is 10.3. The fourth-order valence-corrected chi connectivity index (χ4v) is 2.64. The number of aliphatic hydroxyl groups is 1. The standard InChI is InChI=1S/C12H16BrCl2NO2/c1-7(2)18-6-9(17)5-16-12-10(14)3-8(13)4-11(12)15/h3-4,7,9,16-17H,5-6H2,1-2H3. The maximum absolute atomic E-state index is 9.71. The molecule has 1 atom stereocenters. The van der Waals surface area contributed by atoms with Crippen LogP contribution < -0.4 is 5.32 Å². The van der Waals surface area contributed by atoms with Gasteiger partial charge in [-0.25, -0.2) is 0 Å². The van der Waals surface area contributed by atoms with Gasteiger partial charge in [0.1, 0.15) is 0 Å². The molecule has 0 saturated heterocycles. The topological polar surface area (TPSA) is 41.5 Å². The van der Waals surface area contributed by atoms with Gasteiger partial charge in [0.2, 0.25) is 0 Å². The number of anilines is 1. The summed E-state index contributed by atoms with van der Waals surface area (Å²) in [7, 11) is 0. The van der Waals surface area contributed by atoms with Crippen LogP contribution in [0.15, 0.2) is 16.6 Å². The smallest absolute Gasteiger partial charge is 0.0945 e. The van der Waals surface area contributed by atoms with E-state index >= 15 is 0 Å². The molecule has 1 unspecified atom stereocenters. The fraction of sp³-hybridized carbons (Fsp3) is 0.500. The van der Waals surface area contributed by atoms with Gasteiger partial charge in [0.15, 0.2) is 0 Å². The molecule has 6 heteroatoms. The number of hydrogen-bond acceptors (Lipinski definition) is 3. The van der Waals surface area contributed by atoms with Crippen molar-refractivity contribution >= 4 is 44.8 Å². The predicted octanol–water partition coefficient (Wildman–Crippen LogP) is 3.95. The zero-order chi connectivity index (χ0) is 13.7. The Balaban J connectivity index is 2.53. The van der Waals surface area contributed by atoms with Crippen molar-refractivity contribution in [1.82, 2.24) is 0 Å². The van der Waals surface area contributed by atoms with E-state index in [0.717, 1.165) is 4.47 Å². The first-order chi connectivity index (χ1) is 8.40. The quantitative estimate of drug-likeness (QED) is 0.810. The minimum Gasteiger partial charge on any atom is -0.389 e. The van der Waals surface area contributed by atoms with Crippen molar-refractivity contribution in [2.75, 3.05) is 18.5 Å². The van der Waals surface area contributed by atoms with Gasteiger partial charge in [0.25, 0.3) is 0 Å². The largest absolute Gasteiger partial charge is 0.389 e. The Hall–Kier alpha value is -0.0000000000000000555. The fourth-order valence-electron chi connectivity index (χ4n) is 1.29. The van der Waals surface area contributed by atoms with Gasteiger partial charge in [-0.1, -0.05) is 39.1 Å². The summed E-state index contributed by atoms with van der Waals surface area (Å²) in [6.07, 6.45) is -0.511. The first kappa shape index (κ1) is 16.1. The number of ether oxygens (including phenoxy) is 1. The van der Waals surface area contributed by atoms with E-state index in [1.165, 1.54) is 0 Å². The Morgan fingerprint density at radius 2 is 1.89 bits per heavy atom. The lowest BCUT2D eigenvalue weighted by Gasteiger charge is -2.16. The Morgan fingerprint density at radius 3 is 2.39 bits per heavy atom. The number of hydrogen-bond donors (Lipinski definition) is 2. The molecular formula is C12H16BrCl2NO2. The first-order valence-electron chi connectivity index (χ1n) is 5.58. The van der Waals surface area contributed by atoms with Crippen LogP contribution in [0.25, 0.3) is 0 Å². The van der Waals surface area contributed by atoms with E-state index in [0.29, 0.717) is 22.3 Å². The van der Waals surface area contributed by atoms with Gasteiger partial charge in [-0.2, -0.15) is 0 Å². The van der Waals surface area contributed by atoms with Crippen LogP contribution in [0.4, 0.5) is 5.69 Å². The minimum absolute atomic E-state index is 0.0968. The predicted molar refractivity (Wildman–Crippen MR) is 79.7 cm³/mol. The van der Waals surface area contributed by atoms with Crippen molar-refractivity contribution in [3.8, 4) is 0 Å². The van der Waals surface area contributed by atoms with Crippen molar-refractivity contribution < 1.29 is 9.84 Å². The van der Waals surface area contributed by atoms with Gasteiger partial charge in [0, 0.05) is 11.0 Å². The Labute approximate surface area is 126 Å². The van der Waals surface area contributed by atoms with Gasteiger partial charge >= 0.3 is 0 Å². The maximum atomic E-state index is 9.71. The summed E-state index contributed by atoms with van der Waals surface area (Å²) >= 11 is 15.4. The molecule has 0 saturated carbocycles. The Kier molecular flexibility index (Phi) is 6.74. The van der Waals surface area contributed by atoms with Gasteiger partial charge in [-0.3, -0.25) is 0 Å². The molecule has 1 aromatic carbocycles. The molecule has 0 aliphatic heterocycles. The van der Waals surface area contributed by atoms with E-state index < -0.39 is 6.10 Å². The van der Waals surface area contributed by atoms with E-state index in [4.69, 9.17) is 27.9 Å². The van der Waals surface area contributed by atoms with Crippen molar-refractivity contribution in [1.29, 1.82) is 0 Å². The van der Waals surface area contributed by atoms with Crippen LogP contribution >= 0.6 is 39.1 Å². The molecule has 102 valence electrons. The van der Waals surface area contributed by atoms with E-state index in [2.05, 4.69) is 21.2 Å². The van der Waals surface area contributed by atoms with Crippen LogP contribution in [0.1, 0.15) is 13.8 Å². The molecule has 0 heterocycles. The van der Waals surface area contributed by atoms with Gasteiger partial charge in [-0.15, -0.1) is 0 Å². The first-order valence-corrected chi connectivity index (χ1v) is 7.13. The minimum atomic E-state index is -0.608. The number of aliphatic hydroxyl groups excluding tert-OH is 1. The van der Waals surface area contributed by atoms with E-state index in [-0.39, 0.29) is 12.7 Å². The normalized spacial score (nSPS) is 12.8. The monoisotopic (exact) mass is 355 g/mol. The highest BCUT2D eigenvalue weighted by Crippen LogP contribution is 2.33. The lowest BCUT2D eigenvalue weighted by Crippen LogP contribution is -2.26. The summed E-state index contributed by atoms with van der Waals surface area (Å²) in [5, 5.41) is 13.7. The number of rotatable bonds is 6. The molecule has 0 bridgehead atoms. The summed E-state index contributed by atoms with van der Waals surface area (Å²) < 4.78 is 6.12. The zero-order valence-corrected chi connectivity index (χ0v) is 13.3. The highest BCUT2D eigenvalue weighted by atomic mass is 79.9. The van der Waals surface area contributed by atoms with Crippen LogP contribution in [-0.4, -0.2) is 30.5 Å². The lowest BCUT2D eigenvalue weighted by molar-refractivity contribution is 0.0112. The molecule has 3 nitrogen and oxygen atoms in total. The summed E-state index contributed by atoms with van der Waals surface area (Å²) in [4.78, 5) is 0. The molecule has 0 amide bonds. The number of benzene rings is 1. The third-order valence-electron chi connectivity index (χ3n) is 2.14. The van der Waals surface area contributed by atoms with Crippen LogP contribution in [0.2, 0.25) is 10.0 Å². The zero-order valence-electron chi connectivity index (χ0n) is 10.2. The average molecular weight is 357 g/mol. The number of nitrogens with one attached hydrogen (secondary N) is 1. The van der Waals surface area contributed by atoms with Crippen molar-refractivity contribution in [3.63, 3.8) is 0 Å². The second-order valence-corrected chi connectivity index (χ2v) is 5.89. The number of halogens is 3. The van der Waals surface area contributed by atoms with Gasteiger partial charge < -0.3 is 15.2 Å². The summed E-state index contributed by atoms with van der Waals surface area (Å²) in [5.74, 6) is 0. The summed E-state index contributed by atoms with van der Waals surface area (Å²) in [6, 6.07) is 3.49. The third kappa shape index (κ3) is 5.33. The molecule has 0 aliphatic rings. The Morgan fingerprint density at radius 1 is 1.33 bits per heavy atom. The highest BCUT2D eigenvalue weighted by molar-refractivity contribution is 9.10. The van der Waals surface area contributed by atoms with Gasteiger partial charge in [0.05, 0.1) is 34.5 Å². The molecule has 0 fully saturated rings. The summed E-state index contributed by atoms with van der Waals surface area (Å²) in [6.45, 7) is 4.44. The second-order valence-electron chi connectivity index (χ2n) is 4.16. The van der Waals surface area contributed by atoms with Gasteiger partial charge in [-0.05, 0) is 26.0 Å². The average Bonchev–Trinajstić information content (AvgIpc) is 2.24. The van der Waals surface area contributed by atoms with Crippen molar-refractivity contribution in [3.05, 3.63) is 26.7 Å². The molecule has 0 aromatic heterocycles. The van der Waals surface area contributed by atoms with E-state index in [1.54, 1.807) is 12.1 Å². The van der Waals surface area contributed by atoms with E-state index in [9.17, 15) is 5.11 Å². The van der Waals surface area contributed by atoms with Crippen molar-refractivity contribution in [2.45, 2.75) is 26.1 Å². The van der Waals surface area contributed by atoms with E-state index in [1.807, 2.05) is 13.8 Å². The third-order valence-corrected chi connectivity index (χ3v) is 3.20. The molecule has 0 aliphatic carbocycles. The SMILES string of the molecule is CC(C)OCC(O)CNc1c(Cl)cc(Br)cc1Cl. The molecule has 1 rings (SSSR count). The molecule has 18 heavy (non-hydrogen) atoms.